The summed E-state index contributed by atoms with van der Waals surface area (Å²) in [4.78, 5) is 42.4. The molecule has 3 heterocycles. The maximum Gasteiger partial charge on any atom is 0.303 e. The van der Waals surface area contributed by atoms with Gasteiger partial charge in [0.05, 0.1) is 12.3 Å². The van der Waals surface area contributed by atoms with Gasteiger partial charge in [0.25, 0.3) is 0 Å². The average molecular weight is 451 g/mol. The minimum absolute atomic E-state index is 0.0486. The molecule has 1 aliphatic heterocycles. The van der Waals surface area contributed by atoms with Crippen LogP contribution in [0.3, 0.4) is 0 Å². The highest BCUT2D eigenvalue weighted by atomic mass is 35.5. The van der Waals surface area contributed by atoms with E-state index >= 15 is 0 Å². The van der Waals surface area contributed by atoms with Crippen molar-refractivity contribution in [2.24, 2.45) is 0 Å². The van der Waals surface area contributed by atoms with Crippen LogP contribution in [0.2, 0.25) is 5.15 Å². The lowest BCUT2D eigenvalue weighted by Gasteiger charge is -2.33. The fourth-order valence-corrected chi connectivity index (χ4v) is 3.89. The topological polar surface area (TPSA) is 123 Å². The van der Waals surface area contributed by atoms with Gasteiger partial charge in [0.1, 0.15) is 35.8 Å². The highest BCUT2D eigenvalue weighted by molar-refractivity contribution is 6.33. The molecular weight excluding hydrogens is 432 g/mol. The number of aromatic nitrogens is 3. The number of nitrogens with zero attached hydrogens (tertiary/aromatic N) is 4. The largest absolute Gasteiger partial charge is 0.463 e. The van der Waals surface area contributed by atoms with Crippen molar-refractivity contribution in [3.8, 4) is 0 Å². The zero-order valence-corrected chi connectivity index (χ0v) is 17.9. The van der Waals surface area contributed by atoms with Crippen LogP contribution in [-0.2, 0) is 33.3 Å². The van der Waals surface area contributed by atoms with Crippen LogP contribution in [0.5, 0.6) is 0 Å². The Hall–Kier alpha value is -3.23. The molecular formula is C19H19ClN4O7. The van der Waals surface area contributed by atoms with Crippen molar-refractivity contribution in [1.29, 1.82) is 0 Å². The molecule has 164 valence electrons. The lowest BCUT2D eigenvalue weighted by atomic mass is 9.90. The van der Waals surface area contributed by atoms with Crippen molar-refractivity contribution >= 4 is 40.7 Å². The minimum atomic E-state index is -1.53. The summed E-state index contributed by atoms with van der Waals surface area (Å²) in [7, 11) is 0. The third-order valence-electron chi connectivity index (χ3n) is 4.75. The summed E-state index contributed by atoms with van der Waals surface area (Å²) in [5, 5.41) is 4.20. The van der Waals surface area contributed by atoms with E-state index in [9.17, 15) is 14.4 Å². The first-order chi connectivity index (χ1) is 14.6. The van der Waals surface area contributed by atoms with Crippen LogP contribution in [0, 0.1) is 6.57 Å². The number of carbonyl (C=O) groups is 3. The van der Waals surface area contributed by atoms with Gasteiger partial charge in [0.2, 0.25) is 5.69 Å². The summed E-state index contributed by atoms with van der Waals surface area (Å²) in [6, 6.07) is 1.48. The Morgan fingerprint density at radius 1 is 1.29 bits per heavy atom. The summed E-state index contributed by atoms with van der Waals surface area (Å²) in [5.74, 6) is -1.86. The summed E-state index contributed by atoms with van der Waals surface area (Å²) in [6.07, 6.45) is -1.92. The second kappa shape index (κ2) is 8.49. The monoisotopic (exact) mass is 450 g/mol. The van der Waals surface area contributed by atoms with E-state index < -0.39 is 41.8 Å². The van der Waals surface area contributed by atoms with Crippen molar-refractivity contribution in [3.05, 3.63) is 34.7 Å². The lowest BCUT2D eigenvalue weighted by molar-refractivity contribution is -0.181. The Balaban J connectivity index is 2.17. The molecule has 12 heteroatoms. The molecule has 2 aromatic rings. The normalized spacial score (nSPS) is 25.1. The minimum Gasteiger partial charge on any atom is -0.463 e. The van der Waals surface area contributed by atoms with E-state index in [1.807, 2.05) is 0 Å². The van der Waals surface area contributed by atoms with E-state index in [1.54, 1.807) is 0 Å². The van der Waals surface area contributed by atoms with E-state index in [0.29, 0.717) is 5.69 Å². The van der Waals surface area contributed by atoms with Gasteiger partial charge in [-0.1, -0.05) is 11.6 Å². The van der Waals surface area contributed by atoms with E-state index in [1.165, 1.54) is 44.6 Å². The van der Waals surface area contributed by atoms with Gasteiger partial charge in [-0.05, 0) is 13.0 Å². The summed E-state index contributed by atoms with van der Waals surface area (Å²) < 4.78 is 23.5. The Labute approximate surface area is 182 Å². The van der Waals surface area contributed by atoms with E-state index in [2.05, 4.69) is 14.9 Å². The van der Waals surface area contributed by atoms with Crippen LogP contribution in [0.15, 0.2) is 12.4 Å². The number of ether oxygens (including phenoxy) is 4. The van der Waals surface area contributed by atoms with Crippen molar-refractivity contribution in [1.82, 2.24) is 14.6 Å². The highest BCUT2D eigenvalue weighted by Gasteiger charge is 2.60. The molecule has 0 N–H and O–H groups in total. The first kappa shape index (κ1) is 22.5. The van der Waals surface area contributed by atoms with Crippen molar-refractivity contribution in [3.63, 3.8) is 0 Å². The standard InChI is InChI=1S/C19H19ClN4O7/c1-9(25)28-7-14-17(29-10(2)26)19(4,31-11(3)27)16(30-14)13-6-12(21-5)15-18(20)22-8-23-24(13)15/h6,8,14,16-17H,7H2,1-4H3/t14-,16+,17-,19+/m1/s1. The van der Waals surface area contributed by atoms with E-state index in [4.69, 9.17) is 37.1 Å². The van der Waals surface area contributed by atoms with Gasteiger partial charge in [-0.25, -0.2) is 14.3 Å². The second-order valence-corrected chi connectivity index (χ2v) is 7.40. The van der Waals surface area contributed by atoms with Gasteiger partial charge >= 0.3 is 17.9 Å². The van der Waals surface area contributed by atoms with Crippen molar-refractivity contribution in [2.75, 3.05) is 6.61 Å². The number of hydrogen-bond donors (Lipinski definition) is 0. The van der Waals surface area contributed by atoms with Gasteiger partial charge in [-0.2, -0.15) is 5.10 Å². The van der Waals surface area contributed by atoms with Crippen LogP contribution in [0.4, 0.5) is 5.69 Å². The quantitative estimate of drug-likeness (QED) is 0.383. The third kappa shape index (κ3) is 4.17. The number of carbonyl (C=O) groups excluding carboxylic acids is 3. The molecule has 0 aliphatic carbocycles. The van der Waals surface area contributed by atoms with Gasteiger partial charge in [-0.15, -0.1) is 0 Å². The SMILES string of the molecule is [C-]#[N+]c1cc([C@@H]2O[C@H](COC(C)=O)[C@@H](OC(C)=O)[C@@]2(C)OC(C)=O)n2ncnc(Cl)c12. The maximum atomic E-state index is 12.0. The number of hydrogen-bond acceptors (Lipinski definition) is 9. The molecule has 0 spiro atoms. The molecule has 0 radical (unpaired) electrons. The Bertz CT molecular complexity index is 1090. The zero-order valence-electron chi connectivity index (χ0n) is 17.1. The molecule has 11 nitrogen and oxygen atoms in total. The molecule has 1 fully saturated rings. The van der Waals surface area contributed by atoms with Crippen LogP contribution < -0.4 is 0 Å². The molecule has 2 aromatic heterocycles. The molecule has 1 saturated heterocycles. The van der Waals surface area contributed by atoms with Crippen molar-refractivity contribution in [2.45, 2.75) is 51.6 Å². The molecule has 31 heavy (non-hydrogen) atoms. The smallest absolute Gasteiger partial charge is 0.303 e. The van der Waals surface area contributed by atoms with Crippen molar-refractivity contribution < 1.29 is 33.3 Å². The third-order valence-corrected chi connectivity index (χ3v) is 5.02. The summed E-state index contributed by atoms with van der Waals surface area (Å²) >= 11 is 6.16. The molecule has 0 aromatic carbocycles. The van der Waals surface area contributed by atoms with Gasteiger partial charge in [-0.3, -0.25) is 14.4 Å². The average Bonchev–Trinajstić information content (AvgIpc) is 3.16. The number of esters is 3. The van der Waals surface area contributed by atoms with E-state index in [-0.39, 0.29) is 23.0 Å². The fourth-order valence-electron chi connectivity index (χ4n) is 3.67. The fraction of sp³-hybridized carbons (Fsp3) is 0.474. The molecule has 0 saturated carbocycles. The Morgan fingerprint density at radius 3 is 2.58 bits per heavy atom. The molecule has 4 atom stereocenters. The highest BCUT2D eigenvalue weighted by Crippen LogP contribution is 2.47. The predicted molar refractivity (Wildman–Crippen MR) is 104 cm³/mol. The predicted octanol–water partition coefficient (Wildman–Crippen LogP) is 2.19. The number of fused-ring (bicyclic) bond motifs is 1. The van der Waals surface area contributed by atoms with Gasteiger partial charge in [0.15, 0.2) is 11.7 Å². The van der Waals surface area contributed by atoms with Crippen LogP contribution in [-0.4, -0.2) is 56.9 Å². The van der Waals surface area contributed by atoms with Crippen LogP contribution in [0.1, 0.15) is 39.5 Å². The Morgan fingerprint density at radius 2 is 2.00 bits per heavy atom. The summed E-state index contributed by atoms with van der Waals surface area (Å²) in [5.41, 5.74) is -0.818. The molecule has 3 rings (SSSR count). The molecule has 0 unspecified atom stereocenters. The number of rotatable bonds is 5. The van der Waals surface area contributed by atoms with Crippen LogP contribution >= 0.6 is 11.6 Å². The van der Waals surface area contributed by atoms with Gasteiger partial charge < -0.3 is 18.9 Å². The first-order valence-corrected chi connectivity index (χ1v) is 9.51. The first-order valence-electron chi connectivity index (χ1n) is 9.13. The van der Waals surface area contributed by atoms with E-state index in [0.717, 1.165) is 0 Å². The lowest BCUT2D eigenvalue weighted by Crippen LogP contribution is -2.49. The molecule has 0 amide bonds. The Kier molecular flexibility index (Phi) is 6.15. The maximum absolute atomic E-state index is 12.0. The zero-order chi connectivity index (χ0) is 22.9. The van der Waals surface area contributed by atoms with Gasteiger partial charge in [0, 0.05) is 20.8 Å². The number of halogens is 1. The van der Waals surface area contributed by atoms with Crippen LogP contribution in [0.25, 0.3) is 10.4 Å². The summed E-state index contributed by atoms with van der Waals surface area (Å²) in [6.45, 7) is 12.3. The molecule has 1 aliphatic rings. The second-order valence-electron chi connectivity index (χ2n) is 7.04. The molecule has 0 bridgehead atoms.